The molecule has 1 aromatic heterocycles. The van der Waals surface area contributed by atoms with Gasteiger partial charge in [-0.05, 0) is 62.7 Å². The first-order valence-corrected chi connectivity index (χ1v) is 13.4. The van der Waals surface area contributed by atoms with Gasteiger partial charge in [-0.25, -0.2) is 9.18 Å². The maximum Gasteiger partial charge on any atom is 0.415 e. The van der Waals surface area contributed by atoms with Crippen molar-refractivity contribution in [1.29, 1.82) is 0 Å². The fraction of sp³-hybridized carbons (Fsp3) is 0.276. The minimum absolute atomic E-state index is 0.0157. The van der Waals surface area contributed by atoms with E-state index in [-0.39, 0.29) is 27.8 Å². The summed E-state index contributed by atoms with van der Waals surface area (Å²) in [5.74, 6) is -1.05. The Kier molecular flexibility index (Phi) is 6.69. The smallest absolute Gasteiger partial charge is 0.375 e. The highest BCUT2D eigenvalue weighted by molar-refractivity contribution is 6.31. The van der Waals surface area contributed by atoms with Gasteiger partial charge in [-0.2, -0.15) is 4.98 Å². The summed E-state index contributed by atoms with van der Waals surface area (Å²) in [6.45, 7) is 2.48. The number of aromatic nitrogens is 2. The highest BCUT2D eigenvalue weighted by Crippen LogP contribution is 2.46. The van der Waals surface area contributed by atoms with Crippen LogP contribution in [0.3, 0.4) is 0 Å². The molecule has 0 spiro atoms. The molecule has 2 amide bonds. The molecule has 3 N–H and O–H groups in total. The fourth-order valence-electron chi connectivity index (χ4n) is 5.64. The number of hydrogen-bond donors (Lipinski definition) is 3. The Labute approximate surface area is 234 Å². The number of rotatable bonds is 5. The second kappa shape index (κ2) is 10.2. The molecule has 11 heteroatoms. The van der Waals surface area contributed by atoms with E-state index >= 15 is 4.39 Å². The van der Waals surface area contributed by atoms with Crippen LogP contribution in [0.15, 0.2) is 60.7 Å². The Balaban J connectivity index is 1.30. The summed E-state index contributed by atoms with van der Waals surface area (Å²) in [6.07, 6.45) is 1.51. The standard InChI is InChI=1S/C29H27ClFN5O4/c1-35-13-5-6-17(16-35)15-32-28(38)40-27-33-22-12-11-18(14-23(22)34-27)29(39)20-8-3-2-7-19(20)26(37)36(29)24-10-4-9-21(30)25(24)31/h2-4,7-12,14,17,39H,5-6,13,15-16H2,1H3,(H,32,38)(H,33,34). The zero-order valence-electron chi connectivity index (χ0n) is 21.7. The molecular formula is C29H27ClFN5O4. The van der Waals surface area contributed by atoms with Crippen molar-refractivity contribution in [3.63, 3.8) is 0 Å². The van der Waals surface area contributed by atoms with Crippen LogP contribution in [0.4, 0.5) is 14.9 Å². The normalized spacial score (nSPS) is 21.1. The number of H-pyrrole nitrogens is 1. The monoisotopic (exact) mass is 563 g/mol. The number of aliphatic hydroxyl groups is 1. The van der Waals surface area contributed by atoms with Crippen molar-refractivity contribution in [2.24, 2.45) is 5.92 Å². The van der Waals surface area contributed by atoms with E-state index in [1.807, 2.05) is 0 Å². The van der Waals surface area contributed by atoms with Crippen molar-refractivity contribution >= 4 is 40.3 Å². The van der Waals surface area contributed by atoms with Gasteiger partial charge in [0, 0.05) is 29.8 Å². The third kappa shape index (κ3) is 4.47. The van der Waals surface area contributed by atoms with Gasteiger partial charge in [-0.1, -0.05) is 41.9 Å². The van der Waals surface area contributed by atoms with Crippen molar-refractivity contribution in [3.8, 4) is 6.01 Å². The quantitative estimate of drug-likeness (QED) is 0.326. The molecular weight excluding hydrogens is 537 g/mol. The Hall–Kier alpha value is -3.99. The topological polar surface area (TPSA) is 111 Å². The number of benzene rings is 3. The largest absolute Gasteiger partial charge is 0.415 e. The van der Waals surface area contributed by atoms with Gasteiger partial charge in [0.1, 0.15) is 0 Å². The molecule has 206 valence electrons. The Morgan fingerprint density at radius 2 is 2.08 bits per heavy atom. The molecule has 40 heavy (non-hydrogen) atoms. The van der Waals surface area contributed by atoms with Gasteiger partial charge in [-0.3, -0.25) is 9.69 Å². The Morgan fingerprint density at radius 1 is 1.25 bits per heavy atom. The van der Waals surface area contributed by atoms with E-state index in [2.05, 4.69) is 27.2 Å². The fourth-order valence-corrected chi connectivity index (χ4v) is 5.81. The molecule has 9 nitrogen and oxygen atoms in total. The van der Waals surface area contributed by atoms with Gasteiger partial charge in [0.05, 0.1) is 21.7 Å². The lowest BCUT2D eigenvalue weighted by Gasteiger charge is -2.35. The molecule has 3 heterocycles. The lowest BCUT2D eigenvalue weighted by atomic mass is 9.93. The predicted octanol–water partition coefficient (Wildman–Crippen LogP) is 4.64. The van der Waals surface area contributed by atoms with Crippen molar-refractivity contribution in [1.82, 2.24) is 20.2 Å². The van der Waals surface area contributed by atoms with Gasteiger partial charge in [0.2, 0.25) is 0 Å². The number of ether oxygens (including phenoxy) is 1. The Morgan fingerprint density at radius 3 is 2.90 bits per heavy atom. The lowest BCUT2D eigenvalue weighted by Crippen LogP contribution is -2.45. The summed E-state index contributed by atoms with van der Waals surface area (Å²) in [7, 11) is 2.06. The summed E-state index contributed by atoms with van der Waals surface area (Å²) in [5.41, 5.74) is -0.483. The third-order valence-electron chi connectivity index (χ3n) is 7.54. The van der Waals surface area contributed by atoms with E-state index in [9.17, 15) is 14.7 Å². The summed E-state index contributed by atoms with van der Waals surface area (Å²) >= 11 is 6.03. The number of likely N-dealkylation sites (tertiary alicyclic amines) is 1. The number of carbonyl (C=O) groups excluding carboxylic acids is 2. The van der Waals surface area contributed by atoms with Crippen molar-refractivity contribution in [3.05, 3.63) is 88.2 Å². The maximum atomic E-state index is 15.2. The first-order chi connectivity index (χ1) is 19.3. The SMILES string of the molecule is CN1CCCC(CNC(=O)Oc2nc3ccc(C4(O)c5ccccc5C(=O)N4c4cccc(Cl)c4F)cc3[nH]2)C1. The maximum absolute atomic E-state index is 15.2. The van der Waals surface area contributed by atoms with E-state index < -0.39 is 23.5 Å². The summed E-state index contributed by atoms with van der Waals surface area (Å²) in [6, 6.07) is 15.6. The molecule has 1 fully saturated rings. The minimum Gasteiger partial charge on any atom is -0.375 e. The van der Waals surface area contributed by atoms with Crippen molar-refractivity contribution < 1.29 is 23.8 Å². The Bertz CT molecular complexity index is 1630. The second-order valence-corrected chi connectivity index (χ2v) is 10.7. The average molecular weight is 564 g/mol. The number of piperidine rings is 1. The highest BCUT2D eigenvalue weighted by Gasteiger charge is 2.51. The van der Waals surface area contributed by atoms with Crippen LogP contribution < -0.4 is 15.0 Å². The van der Waals surface area contributed by atoms with Crippen LogP contribution in [0.1, 0.15) is 34.3 Å². The number of hydrogen-bond acceptors (Lipinski definition) is 6. The van der Waals surface area contributed by atoms with Crippen LogP contribution in [0.5, 0.6) is 6.01 Å². The molecule has 4 aromatic rings. The molecule has 0 aliphatic carbocycles. The number of nitrogens with zero attached hydrogens (tertiary/aromatic N) is 3. The summed E-state index contributed by atoms with van der Waals surface area (Å²) in [5, 5.41) is 14.8. The van der Waals surface area contributed by atoms with Crippen LogP contribution >= 0.6 is 11.6 Å². The number of aromatic amines is 1. The molecule has 0 saturated carbocycles. The predicted molar refractivity (Wildman–Crippen MR) is 148 cm³/mol. The highest BCUT2D eigenvalue weighted by atomic mass is 35.5. The van der Waals surface area contributed by atoms with Gasteiger partial charge < -0.3 is 25.0 Å². The number of fused-ring (bicyclic) bond motifs is 2. The number of anilines is 1. The molecule has 1 saturated heterocycles. The minimum atomic E-state index is -2.05. The van der Waals surface area contributed by atoms with E-state index in [4.69, 9.17) is 16.3 Å². The second-order valence-electron chi connectivity index (χ2n) is 10.2. The molecule has 0 bridgehead atoms. The van der Waals surface area contributed by atoms with Crippen LogP contribution in [0.2, 0.25) is 5.02 Å². The first kappa shape index (κ1) is 26.2. The molecule has 2 aliphatic rings. The summed E-state index contributed by atoms with van der Waals surface area (Å²) in [4.78, 5) is 36.5. The average Bonchev–Trinajstić information content (AvgIpc) is 3.45. The molecule has 2 aliphatic heterocycles. The van der Waals surface area contributed by atoms with E-state index in [0.29, 0.717) is 29.1 Å². The number of imidazole rings is 1. The molecule has 6 rings (SSSR count). The van der Waals surface area contributed by atoms with Gasteiger partial charge in [0.25, 0.3) is 5.91 Å². The van der Waals surface area contributed by atoms with Crippen LogP contribution in [0.25, 0.3) is 11.0 Å². The van der Waals surface area contributed by atoms with Crippen LogP contribution in [-0.2, 0) is 5.72 Å². The van der Waals surface area contributed by atoms with Crippen LogP contribution in [0, 0.1) is 11.7 Å². The summed E-state index contributed by atoms with van der Waals surface area (Å²) < 4.78 is 20.6. The zero-order valence-corrected chi connectivity index (χ0v) is 22.4. The molecule has 2 atom stereocenters. The van der Waals surface area contributed by atoms with Gasteiger partial charge >= 0.3 is 12.1 Å². The number of nitrogens with one attached hydrogen (secondary N) is 2. The zero-order chi connectivity index (χ0) is 28.0. The van der Waals surface area contributed by atoms with Crippen molar-refractivity contribution in [2.75, 3.05) is 31.6 Å². The number of carbonyl (C=O) groups is 2. The van der Waals surface area contributed by atoms with Gasteiger partial charge in [0.15, 0.2) is 11.5 Å². The third-order valence-corrected chi connectivity index (χ3v) is 7.83. The molecule has 2 unspecified atom stereocenters. The van der Waals surface area contributed by atoms with E-state index in [1.54, 1.807) is 42.5 Å². The first-order valence-electron chi connectivity index (χ1n) is 13.0. The number of amides is 2. The van der Waals surface area contributed by atoms with Crippen molar-refractivity contribution in [2.45, 2.75) is 18.6 Å². The van der Waals surface area contributed by atoms with Crippen LogP contribution in [-0.4, -0.2) is 58.7 Å². The van der Waals surface area contributed by atoms with E-state index in [1.165, 1.54) is 18.2 Å². The molecule has 3 aromatic carbocycles. The lowest BCUT2D eigenvalue weighted by molar-refractivity contribution is 0.0699. The molecule has 0 radical (unpaired) electrons. The van der Waals surface area contributed by atoms with E-state index in [0.717, 1.165) is 30.8 Å². The van der Waals surface area contributed by atoms with Gasteiger partial charge in [-0.15, -0.1) is 0 Å². The number of halogens is 2.